The highest BCUT2D eigenvalue weighted by atomic mass is 16.4. The van der Waals surface area contributed by atoms with E-state index in [0.29, 0.717) is 29.3 Å². The number of rotatable bonds is 2. The number of nitriles is 1. The molecule has 1 fully saturated rings. The summed E-state index contributed by atoms with van der Waals surface area (Å²) >= 11 is 0. The van der Waals surface area contributed by atoms with Crippen LogP contribution >= 0.6 is 0 Å². The number of piperidine rings is 1. The third kappa shape index (κ3) is 2.78. The Labute approximate surface area is 125 Å². The molecule has 0 bridgehead atoms. The lowest BCUT2D eigenvalue weighted by atomic mass is 9.92. The minimum Gasteiger partial charge on any atom is -0.419 e. The molecule has 3 rings (SSSR count). The van der Waals surface area contributed by atoms with E-state index < -0.39 is 0 Å². The van der Waals surface area contributed by atoms with Gasteiger partial charge in [0.1, 0.15) is 6.07 Å². The second-order valence-corrected chi connectivity index (χ2v) is 6.00. The Kier molecular flexibility index (Phi) is 3.66. The SMILES string of the molecule is C[C@@H]1C[C@H](C)CN(c2oc(-c3ccccc3)nc2C#N)C1. The number of anilines is 1. The molecule has 1 aromatic heterocycles. The number of hydrogen-bond acceptors (Lipinski definition) is 4. The van der Waals surface area contributed by atoms with Crippen molar-refractivity contribution in [2.75, 3.05) is 18.0 Å². The van der Waals surface area contributed by atoms with Gasteiger partial charge in [0.25, 0.3) is 0 Å². The number of aromatic nitrogens is 1. The Balaban J connectivity index is 1.96. The molecule has 0 spiro atoms. The van der Waals surface area contributed by atoms with E-state index in [1.807, 2.05) is 30.3 Å². The van der Waals surface area contributed by atoms with Gasteiger partial charge in [0.2, 0.25) is 17.5 Å². The zero-order valence-electron chi connectivity index (χ0n) is 12.4. The highest BCUT2D eigenvalue weighted by Gasteiger charge is 2.27. The standard InChI is InChI=1S/C17H19N3O/c1-12-8-13(2)11-20(10-12)17-15(9-18)19-16(21-17)14-6-4-3-5-7-14/h3-7,12-13H,8,10-11H2,1-2H3/t12-,13+. The van der Waals surface area contributed by atoms with Gasteiger partial charge >= 0.3 is 0 Å². The minimum atomic E-state index is 0.384. The molecule has 2 atom stereocenters. The van der Waals surface area contributed by atoms with Gasteiger partial charge in [-0.1, -0.05) is 32.0 Å². The third-order valence-electron chi connectivity index (χ3n) is 3.89. The summed E-state index contributed by atoms with van der Waals surface area (Å²) in [6.07, 6.45) is 1.22. The Bertz CT molecular complexity index is 646. The number of oxazole rings is 1. The van der Waals surface area contributed by atoms with Crippen LogP contribution < -0.4 is 4.90 Å². The summed E-state index contributed by atoms with van der Waals surface area (Å²) in [5.74, 6) is 2.35. The van der Waals surface area contributed by atoms with Gasteiger partial charge in [0, 0.05) is 18.7 Å². The molecular weight excluding hydrogens is 262 g/mol. The lowest BCUT2D eigenvalue weighted by Crippen LogP contribution is -2.38. The highest BCUT2D eigenvalue weighted by molar-refractivity contribution is 5.59. The summed E-state index contributed by atoms with van der Waals surface area (Å²) in [4.78, 5) is 6.52. The topological polar surface area (TPSA) is 53.1 Å². The van der Waals surface area contributed by atoms with E-state index in [1.165, 1.54) is 6.42 Å². The van der Waals surface area contributed by atoms with Crippen LogP contribution in [0.15, 0.2) is 34.7 Å². The molecule has 4 nitrogen and oxygen atoms in total. The van der Waals surface area contributed by atoms with Crippen molar-refractivity contribution in [3.8, 4) is 17.5 Å². The third-order valence-corrected chi connectivity index (χ3v) is 3.89. The number of hydrogen-bond donors (Lipinski definition) is 0. The Morgan fingerprint density at radius 1 is 1.19 bits per heavy atom. The van der Waals surface area contributed by atoms with Gasteiger partial charge in [-0.25, -0.2) is 0 Å². The quantitative estimate of drug-likeness (QED) is 0.842. The molecule has 1 aliphatic heterocycles. The van der Waals surface area contributed by atoms with Crippen LogP contribution in [0, 0.1) is 23.2 Å². The Morgan fingerprint density at radius 3 is 2.48 bits per heavy atom. The molecule has 21 heavy (non-hydrogen) atoms. The molecule has 2 heterocycles. The Hall–Kier alpha value is -2.28. The zero-order valence-corrected chi connectivity index (χ0v) is 12.4. The van der Waals surface area contributed by atoms with E-state index in [-0.39, 0.29) is 0 Å². The summed E-state index contributed by atoms with van der Waals surface area (Å²) < 4.78 is 5.92. The van der Waals surface area contributed by atoms with Gasteiger partial charge in [0.05, 0.1) is 0 Å². The van der Waals surface area contributed by atoms with Crippen LogP contribution in [0.4, 0.5) is 5.88 Å². The van der Waals surface area contributed by atoms with Crippen LogP contribution in [0.25, 0.3) is 11.5 Å². The average Bonchev–Trinajstić information content (AvgIpc) is 2.91. The molecule has 0 saturated carbocycles. The molecule has 0 unspecified atom stereocenters. The summed E-state index contributed by atoms with van der Waals surface area (Å²) in [7, 11) is 0. The maximum Gasteiger partial charge on any atom is 0.235 e. The summed E-state index contributed by atoms with van der Waals surface area (Å²) in [5.41, 5.74) is 1.29. The van der Waals surface area contributed by atoms with Gasteiger partial charge in [-0.05, 0) is 30.4 Å². The molecule has 1 saturated heterocycles. The second kappa shape index (κ2) is 5.61. The van der Waals surface area contributed by atoms with Crippen molar-refractivity contribution in [1.82, 2.24) is 4.98 Å². The van der Waals surface area contributed by atoms with Gasteiger partial charge in [-0.3, -0.25) is 0 Å². The first kappa shape index (κ1) is 13.7. The van der Waals surface area contributed by atoms with Crippen LogP contribution in [0.2, 0.25) is 0 Å². The largest absolute Gasteiger partial charge is 0.419 e. The Morgan fingerprint density at radius 2 is 1.86 bits per heavy atom. The van der Waals surface area contributed by atoms with Crippen molar-refractivity contribution >= 4 is 5.88 Å². The van der Waals surface area contributed by atoms with Crippen molar-refractivity contribution in [1.29, 1.82) is 5.26 Å². The lowest BCUT2D eigenvalue weighted by Gasteiger charge is -2.34. The number of benzene rings is 1. The monoisotopic (exact) mass is 281 g/mol. The normalized spacial score (nSPS) is 22.0. The van der Waals surface area contributed by atoms with Crippen molar-refractivity contribution in [2.45, 2.75) is 20.3 Å². The van der Waals surface area contributed by atoms with E-state index in [1.54, 1.807) is 0 Å². The van der Waals surface area contributed by atoms with Gasteiger partial charge < -0.3 is 9.32 Å². The van der Waals surface area contributed by atoms with E-state index in [4.69, 9.17) is 4.42 Å². The molecular formula is C17H19N3O. The second-order valence-electron chi connectivity index (χ2n) is 6.00. The van der Waals surface area contributed by atoms with Crippen molar-refractivity contribution < 1.29 is 4.42 Å². The molecule has 4 heteroatoms. The van der Waals surface area contributed by atoms with E-state index in [0.717, 1.165) is 18.7 Å². The summed E-state index contributed by atoms with van der Waals surface area (Å²) in [6, 6.07) is 11.9. The van der Waals surface area contributed by atoms with E-state index >= 15 is 0 Å². The van der Waals surface area contributed by atoms with Crippen LogP contribution in [0.3, 0.4) is 0 Å². The van der Waals surface area contributed by atoms with Crippen molar-refractivity contribution in [3.63, 3.8) is 0 Å². The predicted molar refractivity (Wildman–Crippen MR) is 81.8 cm³/mol. The zero-order chi connectivity index (χ0) is 14.8. The predicted octanol–water partition coefficient (Wildman–Crippen LogP) is 3.70. The molecule has 1 aliphatic rings. The van der Waals surface area contributed by atoms with Crippen molar-refractivity contribution in [3.05, 3.63) is 36.0 Å². The van der Waals surface area contributed by atoms with Crippen LogP contribution in [0.5, 0.6) is 0 Å². The number of nitrogens with zero attached hydrogens (tertiary/aromatic N) is 3. The molecule has 0 amide bonds. The smallest absolute Gasteiger partial charge is 0.235 e. The molecule has 0 aliphatic carbocycles. The van der Waals surface area contributed by atoms with Gasteiger partial charge in [-0.2, -0.15) is 10.2 Å². The molecule has 0 N–H and O–H groups in total. The fraction of sp³-hybridized carbons (Fsp3) is 0.412. The van der Waals surface area contributed by atoms with Crippen molar-refractivity contribution in [2.24, 2.45) is 11.8 Å². The maximum absolute atomic E-state index is 9.34. The van der Waals surface area contributed by atoms with E-state index in [2.05, 4.69) is 29.8 Å². The fourth-order valence-corrected chi connectivity index (χ4v) is 3.13. The first-order chi connectivity index (χ1) is 10.2. The van der Waals surface area contributed by atoms with Crippen LogP contribution in [-0.2, 0) is 0 Å². The average molecular weight is 281 g/mol. The highest BCUT2D eigenvalue weighted by Crippen LogP contribution is 2.32. The van der Waals surface area contributed by atoms with E-state index in [9.17, 15) is 5.26 Å². The van der Waals surface area contributed by atoms with Crippen LogP contribution in [-0.4, -0.2) is 18.1 Å². The first-order valence-corrected chi connectivity index (χ1v) is 7.38. The molecule has 1 aromatic carbocycles. The molecule has 108 valence electrons. The summed E-state index contributed by atoms with van der Waals surface area (Å²) in [6.45, 7) is 6.32. The van der Waals surface area contributed by atoms with Crippen LogP contribution in [0.1, 0.15) is 26.0 Å². The fourth-order valence-electron chi connectivity index (χ4n) is 3.13. The van der Waals surface area contributed by atoms with Gasteiger partial charge in [-0.15, -0.1) is 0 Å². The molecule has 2 aromatic rings. The summed E-state index contributed by atoms with van der Waals surface area (Å²) in [5, 5.41) is 9.34. The molecule has 0 radical (unpaired) electrons. The minimum absolute atomic E-state index is 0.384. The first-order valence-electron chi connectivity index (χ1n) is 7.38. The maximum atomic E-state index is 9.34. The lowest BCUT2D eigenvalue weighted by molar-refractivity contribution is 0.344. The van der Waals surface area contributed by atoms with Gasteiger partial charge in [0.15, 0.2) is 0 Å².